The summed E-state index contributed by atoms with van der Waals surface area (Å²) in [4.78, 5) is 11.1. The largest absolute Gasteiger partial charge is 0.457 e. The van der Waals surface area contributed by atoms with E-state index in [-0.39, 0.29) is 18.0 Å². The van der Waals surface area contributed by atoms with Crippen molar-refractivity contribution in [2.75, 3.05) is 0 Å². The zero-order chi connectivity index (χ0) is 10.7. The van der Waals surface area contributed by atoms with E-state index in [1.165, 1.54) is 5.56 Å². The lowest BCUT2D eigenvalue weighted by atomic mass is 9.94. The Balaban J connectivity index is 2.14. The van der Waals surface area contributed by atoms with E-state index in [1.54, 1.807) is 0 Å². The van der Waals surface area contributed by atoms with Gasteiger partial charge in [0.05, 0.1) is 6.42 Å². The maximum atomic E-state index is 11.1. The molecule has 2 rings (SSSR count). The van der Waals surface area contributed by atoms with Crippen LogP contribution in [0.4, 0.5) is 0 Å². The monoisotopic (exact) mass is 202 g/mol. The summed E-state index contributed by atoms with van der Waals surface area (Å²) in [5.41, 5.74) is 1.20. The van der Waals surface area contributed by atoms with Crippen LogP contribution in [0, 0.1) is 0 Å². The number of benzene rings is 1. The van der Waals surface area contributed by atoms with Crippen LogP contribution in [0.2, 0.25) is 0 Å². The summed E-state index contributed by atoms with van der Waals surface area (Å²) in [7, 11) is 0. The van der Waals surface area contributed by atoms with E-state index in [0.717, 1.165) is 0 Å². The number of esters is 1. The highest BCUT2D eigenvalue weighted by atomic mass is 16.5. The molecule has 0 radical (unpaired) electrons. The van der Waals surface area contributed by atoms with E-state index in [4.69, 9.17) is 4.74 Å². The van der Waals surface area contributed by atoms with Gasteiger partial charge in [0.25, 0.3) is 0 Å². The van der Waals surface area contributed by atoms with Crippen molar-refractivity contribution in [1.82, 2.24) is 0 Å². The number of cyclic esters (lactones) is 1. The second kappa shape index (κ2) is 4.30. The Hall–Kier alpha value is -1.57. The van der Waals surface area contributed by atoms with Crippen molar-refractivity contribution in [2.24, 2.45) is 0 Å². The van der Waals surface area contributed by atoms with Gasteiger partial charge in [-0.1, -0.05) is 43.3 Å². The van der Waals surface area contributed by atoms with Crippen LogP contribution in [-0.2, 0) is 9.53 Å². The predicted octanol–water partition coefficient (Wildman–Crippen LogP) is 2.66. The molecule has 0 fully saturated rings. The fourth-order valence-corrected chi connectivity index (χ4v) is 1.75. The number of hydrogen-bond donors (Lipinski definition) is 0. The number of rotatable bonds is 2. The fourth-order valence-electron chi connectivity index (χ4n) is 1.75. The molecular formula is C13H14O2. The molecule has 2 heteroatoms. The molecule has 2 atom stereocenters. The lowest BCUT2D eigenvalue weighted by Crippen LogP contribution is -2.24. The molecular weight excluding hydrogens is 188 g/mol. The highest BCUT2D eigenvalue weighted by molar-refractivity contribution is 5.72. The second-order valence-corrected chi connectivity index (χ2v) is 3.79. The van der Waals surface area contributed by atoms with Crippen LogP contribution in [0.5, 0.6) is 0 Å². The lowest BCUT2D eigenvalue weighted by molar-refractivity contribution is -0.147. The second-order valence-electron chi connectivity index (χ2n) is 3.79. The van der Waals surface area contributed by atoms with Gasteiger partial charge in [-0.3, -0.25) is 4.79 Å². The molecule has 0 amide bonds. The number of ether oxygens (including phenoxy) is 1. The first-order valence-electron chi connectivity index (χ1n) is 5.18. The number of hydrogen-bond acceptors (Lipinski definition) is 2. The molecule has 78 valence electrons. The van der Waals surface area contributed by atoms with Crippen molar-refractivity contribution in [2.45, 2.75) is 25.4 Å². The van der Waals surface area contributed by atoms with Gasteiger partial charge < -0.3 is 4.74 Å². The summed E-state index contributed by atoms with van der Waals surface area (Å²) >= 11 is 0. The van der Waals surface area contributed by atoms with Gasteiger partial charge in [0, 0.05) is 5.92 Å². The normalized spacial score (nSPS) is 22.2. The molecule has 1 aromatic rings. The maximum absolute atomic E-state index is 11.1. The summed E-state index contributed by atoms with van der Waals surface area (Å²) in [5, 5.41) is 0. The molecule has 0 N–H and O–H groups in total. The zero-order valence-corrected chi connectivity index (χ0v) is 8.72. The molecule has 0 saturated carbocycles. The standard InChI is InChI=1S/C13H14O2/c1-10(11-6-3-2-4-7-11)12-8-5-9-13(14)15-12/h2-8,10,12H,9H2,1H3. The minimum atomic E-state index is -0.134. The number of carbonyl (C=O) groups excluding carboxylic acids is 1. The molecule has 0 spiro atoms. The van der Waals surface area contributed by atoms with Gasteiger partial charge in [-0.2, -0.15) is 0 Å². The highest BCUT2D eigenvalue weighted by Crippen LogP contribution is 2.24. The van der Waals surface area contributed by atoms with Gasteiger partial charge in [0.1, 0.15) is 6.10 Å². The molecule has 1 aliphatic heterocycles. The van der Waals surface area contributed by atoms with Gasteiger partial charge in [0.2, 0.25) is 0 Å². The average molecular weight is 202 g/mol. The van der Waals surface area contributed by atoms with Gasteiger partial charge in [0.15, 0.2) is 0 Å². The fraction of sp³-hybridized carbons (Fsp3) is 0.308. The van der Waals surface area contributed by atoms with Gasteiger partial charge in [-0.05, 0) is 11.6 Å². The van der Waals surface area contributed by atoms with Gasteiger partial charge >= 0.3 is 5.97 Å². The Labute approximate surface area is 89.6 Å². The first kappa shape index (κ1) is 9.97. The Morgan fingerprint density at radius 2 is 2.07 bits per heavy atom. The Morgan fingerprint density at radius 3 is 2.73 bits per heavy atom. The zero-order valence-electron chi connectivity index (χ0n) is 8.72. The van der Waals surface area contributed by atoms with Crippen molar-refractivity contribution in [3.8, 4) is 0 Å². The van der Waals surface area contributed by atoms with E-state index in [9.17, 15) is 4.79 Å². The van der Waals surface area contributed by atoms with E-state index in [0.29, 0.717) is 6.42 Å². The van der Waals surface area contributed by atoms with Crippen LogP contribution in [0.1, 0.15) is 24.8 Å². The first-order chi connectivity index (χ1) is 7.27. The molecule has 0 bridgehead atoms. The molecule has 0 aromatic heterocycles. The van der Waals surface area contributed by atoms with Crippen molar-refractivity contribution >= 4 is 5.97 Å². The van der Waals surface area contributed by atoms with Crippen LogP contribution in [-0.4, -0.2) is 12.1 Å². The lowest BCUT2D eigenvalue weighted by Gasteiger charge is -2.23. The van der Waals surface area contributed by atoms with E-state index < -0.39 is 0 Å². The summed E-state index contributed by atoms with van der Waals surface area (Å²) < 4.78 is 5.28. The molecule has 1 aromatic carbocycles. The molecule has 0 saturated heterocycles. The minimum absolute atomic E-state index is 0.117. The summed E-state index contributed by atoms with van der Waals surface area (Å²) in [6.07, 6.45) is 4.14. The smallest absolute Gasteiger partial charge is 0.310 e. The van der Waals surface area contributed by atoms with Crippen LogP contribution in [0.25, 0.3) is 0 Å². The van der Waals surface area contributed by atoms with Gasteiger partial charge in [-0.15, -0.1) is 0 Å². The van der Waals surface area contributed by atoms with Crippen LogP contribution >= 0.6 is 0 Å². The summed E-state index contributed by atoms with van der Waals surface area (Å²) in [5.74, 6) is 0.0805. The van der Waals surface area contributed by atoms with Crippen LogP contribution in [0.3, 0.4) is 0 Å². The maximum Gasteiger partial charge on any atom is 0.310 e. The third kappa shape index (κ3) is 2.27. The molecule has 0 aliphatic carbocycles. The minimum Gasteiger partial charge on any atom is -0.457 e. The van der Waals surface area contributed by atoms with Crippen LogP contribution in [0.15, 0.2) is 42.5 Å². The van der Waals surface area contributed by atoms with Gasteiger partial charge in [-0.25, -0.2) is 0 Å². The first-order valence-corrected chi connectivity index (χ1v) is 5.18. The van der Waals surface area contributed by atoms with E-state index in [1.807, 2.05) is 30.4 Å². The van der Waals surface area contributed by atoms with Crippen molar-refractivity contribution in [3.05, 3.63) is 48.0 Å². The highest BCUT2D eigenvalue weighted by Gasteiger charge is 2.22. The Kier molecular flexibility index (Phi) is 2.86. The summed E-state index contributed by atoms with van der Waals surface area (Å²) in [6, 6.07) is 10.1. The van der Waals surface area contributed by atoms with E-state index in [2.05, 4.69) is 19.1 Å². The van der Waals surface area contributed by atoms with Crippen molar-refractivity contribution in [3.63, 3.8) is 0 Å². The van der Waals surface area contributed by atoms with Crippen LogP contribution < -0.4 is 0 Å². The van der Waals surface area contributed by atoms with Crippen molar-refractivity contribution < 1.29 is 9.53 Å². The quantitative estimate of drug-likeness (QED) is 0.544. The molecule has 1 aliphatic rings. The third-order valence-corrected chi connectivity index (χ3v) is 2.70. The Bertz CT molecular complexity index is 367. The molecule has 2 nitrogen and oxygen atoms in total. The molecule has 2 unspecified atom stereocenters. The predicted molar refractivity (Wildman–Crippen MR) is 58.5 cm³/mol. The topological polar surface area (TPSA) is 26.3 Å². The molecule has 15 heavy (non-hydrogen) atoms. The number of carbonyl (C=O) groups is 1. The average Bonchev–Trinajstić information content (AvgIpc) is 2.29. The third-order valence-electron chi connectivity index (χ3n) is 2.70. The van der Waals surface area contributed by atoms with E-state index >= 15 is 0 Å². The SMILES string of the molecule is CC(c1ccccc1)C1C=CCC(=O)O1. The molecule has 1 heterocycles. The Morgan fingerprint density at radius 1 is 1.33 bits per heavy atom. The summed E-state index contributed by atoms with van der Waals surface area (Å²) in [6.45, 7) is 2.07. The van der Waals surface area contributed by atoms with Crippen molar-refractivity contribution in [1.29, 1.82) is 0 Å².